The van der Waals surface area contributed by atoms with E-state index in [1.165, 1.54) is 17.5 Å². The molecule has 1 aliphatic rings. The van der Waals surface area contributed by atoms with Crippen molar-refractivity contribution >= 4 is 17.5 Å². The van der Waals surface area contributed by atoms with Crippen molar-refractivity contribution in [1.82, 2.24) is 20.2 Å². The Morgan fingerprint density at radius 3 is 2.88 bits per heavy atom. The number of carbonyl (C=O) groups excluding carboxylic acids is 1. The van der Waals surface area contributed by atoms with Crippen molar-refractivity contribution in [1.29, 1.82) is 5.26 Å². The molecule has 0 spiro atoms. The largest absolute Gasteiger partial charge is 0.367 e. The van der Waals surface area contributed by atoms with E-state index >= 15 is 0 Å². The van der Waals surface area contributed by atoms with Gasteiger partial charge in [0.25, 0.3) is 5.91 Å². The van der Waals surface area contributed by atoms with Crippen LogP contribution in [0.3, 0.4) is 0 Å². The maximum absolute atomic E-state index is 12.4. The normalized spacial score (nSPS) is 14.1. The number of pyridine rings is 1. The fraction of sp³-hybridized carbons (Fsp3) is 0.412. The van der Waals surface area contributed by atoms with Crippen LogP contribution in [0.1, 0.15) is 47.3 Å². The summed E-state index contributed by atoms with van der Waals surface area (Å²) in [7, 11) is 1.71. The van der Waals surface area contributed by atoms with E-state index < -0.39 is 0 Å². The average Bonchev–Trinajstić information content (AvgIpc) is 3.20. The summed E-state index contributed by atoms with van der Waals surface area (Å²) >= 11 is 0. The number of hydrogen-bond acceptors (Lipinski definition) is 6. The quantitative estimate of drug-likeness (QED) is 0.720. The van der Waals surface area contributed by atoms with Crippen LogP contribution in [-0.2, 0) is 7.05 Å². The van der Waals surface area contributed by atoms with E-state index in [1.807, 2.05) is 0 Å². The highest BCUT2D eigenvalue weighted by Gasteiger charge is 2.17. The van der Waals surface area contributed by atoms with Crippen LogP contribution in [0.25, 0.3) is 0 Å². The summed E-state index contributed by atoms with van der Waals surface area (Å²) in [5, 5.41) is 16.7. The summed E-state index contributed by atoms with van der Waals surface area (Å²) in [6.45, 7) is 1.75. The van der Waals surface area contributed by atoms with E-state index in [-0.39, 0.29) is 5.91 Å². The van der Waals surface area contributed by atoms with E-state index in [0.717, 1.165) is 12.8 Å². The Morgan fingerprint density at radius 1 is 1.40 bits per heavy atom. The van der Waals surface area contributed by atoms with Gasteiger partial charge in [0.2, 0.25) is 0 Å². The maximum atomic E-state index is 12.4. The number of hydrogen-bond donors (Lipinski definition) is 3. The monoisotopic (exact) mass is 339 g/mol. The molecule has 25 heavy (non-hydrogen) atoms. The van der Waals surface area contributed by atoms with Gasteiger partial charge in [0.15, 0.2) is 5.82 Å². The molecule has 0 saturated heterocycles. The van der Waals surface area contributed by atoms with Crippen molar-refractivity contribution in [3.05, 3.63) is 35.2 Å². The highest BCUT2D eigenvalue weighted by atomic mass is 16.2. The first kappa shape index (κ1) is 16.8. The van der Waals surface area contributed by atoms with E-state index in [9.17, 15) is 10.1 Å². The van der Waals surface area contributed by atoms with Gasteiger partial charge in [0.1, 0.15) is 17.5 Å². The van der Waals surface area contributed by atoms with Crippen LogP contribution >= 0.6 is 0 Å². The molecule has 2 aromatic heterocycles. The van der Waals surface area contributed by atoms with Crippen LogP contribution in [0, 0.1) is 18.3 Å². The zero-order chi connectivity index (χ0) is 17.8. The van der Waals surface area contributed by atoms with Crippen LogP contribution in [-0.4, -0.2) is 26.7 Å². The Hall–Kier alpha value is -3.08. The van der Waals surface area contributed by atoms with Gasteiger partial charge in [-0.15, -0.1) is 0 Å². The zero-order valence-corrected chi connectivity index (χ0v) is 14.3. The average molecular weight is 339 g/mol. The molecule has 3 N–H and O–H groups in total. The van der Waals surface area contributed by atoms with Crippen molar-refractivity contribution < 1.29 is 4.79 Å². The summed E-state index contributed by atoms with van der Waals surface area (Å²) in [5.74, 6) is 0.847. The lowest BCUT2D eigenvalue weighted by Gasteiger charge is -2.13. The van der Waals surface area contributed by atoms with Gasteiger partial charge in [0.05, 0.1) is 5.69 Å². The second-order valence-corrected chi connectivity index (χ2v) is 6.18. The molecule has 1 aliphatic carbocycles. The zero-order valence-electron chi connectivity index (χ0n) is 14.3. The van der Waals surface area contributed by atoms with Gasteiger partial charge in [-0.2, -0.15) is 10.4 Å². The molecule has 8 nitrogen and oxygen atoms in total. The third-order valence-electron chi connectivity index (χ3n) is 4.36. The maximum Gasteiger partial charge on any atom is 0.269 e. The molecule has 0 aromatic carbocycles. The molecular formula is C17H21N7O. The van der Waals surface area contributed by atoms with Crippen LogP contribution in [0.4, 0.5) is 11.6 Å². The Bertz CT molecular complexity index is 815. The van der Waals surface area contributed by atoms with Gasteiger partial charge >= 0.3 is 0 Å². The highest BCUT2D eigenvalue weighted by Crippen LogP contribution is 2.21. The van der Waals surface area contributed by atoms with E-state index in [1.54, 1.807) is 32.3 Å². The van der Waals surface area contributed by atoms with Gasteiger partial charge in [-0.1, -0.05) is 12.8 Å². The van der Waals surface area contributed by atoms with Crippen LogP contribution in [0.2, 0.25) is 0 Å². The number of aryl methyl sites for hydroxylation is 2. The van der Waals surface area contributed by atoms with Crippen molar-refractivity contribution in [2.45, 2.75) is 38.6 Å². The molecule has 0 radical (unpaired) electrons. The van der Waals surface area contributed by atoms with Crippen molar-refractivity contribution in [2.24, 2.45) is 7.05 Å². The first-order valence-electron chi connectivity index (χ1n) is 8.31. The molecule has 2 aromatic rings. The molecule has 3 rings (SSSR count). The number of aromatic nitrogens is 3. The molecule has 8 heteroatoms. The number of amides is 1. The van der Waals surface area contributed by atoms with Gasteiger partial charge in [-0.05, 0) is 31.9 Å². The molecule has 0 aliphatic heterocycles. The lowest BCUT2D eigenvalue weighted by molar-refractivity contribution is 0.0962. The number of nitrogens with zero attached hydrogens (tertiary/aromatic N) is 4. The van der Waals surface area contributed by atoms with E-state index in [2.05, 4.69) is 32.3 Å². The minimum atomic E-state index is -0.306. The smallest absolute Gasteiger partial charge is 0.269 e. The predicted octanol–water partition coefficient (Wildman–Crippen LogP) is 2.11. The Balaban J connectivity index is 1.66. The second kappa shape index (κ2) is 7.21. The Labute approximate surface area is 146 Å². The number of nitrogens with one attached hydrogen (secondary N) is 3. The summed E-state index contributed by atoms with van der Waals surface area (Å²) in [6, 6.07) is 5.89. The third kappa shape index (κ3) is 3.71. The number of hydrazine groups is 1. The second-order valence-electron chi connectivity index (χ2n) is 6.18. The topological polar surface area (TPSA) is 108 Å². The molecule has 130 valence electrons. The standard InChI is InChI=1S/C17H21N7O/c1-11-14(10-18)16(24(2)23-11)21-22-17(25)12-7-8-19-15(9-12)20-13-5-3-4-6-13/h7-9,13,21H,3-6H2,1-2H3,(H,19,20)(H,22,25). The fourth-order valence-corrected chi connectivity index (χ4v) is 3.05. The first-order valence-corrected chi connectivity index (χ1v) is 8.31. The lowest BCUT2D eigenvalue weighted by atomic mass is 10.2. The van der Waals surface area contributed by atoms with Gasteiger partial charge < -0.3 is 5.32 Å². The SMILES string of the molecule is Cc1nn(C)c(NNC(=O)c2ccnc(NC3CCCC3)c2)c1C#N. The number of anilines is 2. The van der Waals surface area contributed by atoms with Crippen LogP contribution in [0.5, 0.6) is 0 Å². The van der Waals surface area contributed by atoms with E-state index in [0.29, 0.717) is 34.5 Å². The Morgan fingerprint density at radius 2 is 2.16 bits per heavy atom. The van der Waals surface area contributed by atoms with Crippen LogP contribution in [0.15, 0.2) is 18.3 Å². The van der Waals surface area contributed by atoms with Gasteiger partial charge in [0, 0.05) is 24.8 Å². The predicted molar refractivity (Wildman–Crippen MR) is 93.9 cm³/mol. The number of nitriles is 1. The molecule has 0 unspecified atom stereocenters. The number of carbonyl (C=O) groups is 1. The molecule has 0 bridgehead atoms. The van der Waals surface area contributed by atoms with Crippen molar-refractivity contribution in [3.8, 4) is 6.07 Å². The molecule has 0 atom stereocenters. The number of rotatable bonds is 5. The molecular weight excluding hydrogens is 318 g/mol. The summed E-state index contributed by atoms with van der Waals surface area (Å²) in [5.41, 5.74) is 6.89. The van der Waals surface area contributed by atoms with Crippen LogP contribution < -0.4 is 16.2 Å². The van der Waals surface area contributed by atoms with Crippen molar-refractivity contribution in [3.63, 3.8) is 0 Å². The molecule has 1 saturated carbocycles. The summed E-state index contributed by atoms with van der Waals surface area (Å²) < 4.78 is 1.52. The van der Waals surface area contributed by atoms with Crippen molar-refractivity contribution in [2.75, 3.05) is 10.7 Å². The van der Waals surface area contributed by atoms with Gasteiger partial charge in [-0.3, -0.25) is 20.3 Å². The first-order chi connectivity index (χ1) is 12.1. The summed E-state index contributed by atoms with van der Waals surface area (Å²) in [6.07, 6.45) is 6.34. The molecule has 1 amide bonds. The highest BCUT2D eigenvalue weighted by molar-refractivity contribution is 5.95. The molecule has 2 heterocycles. The third-order valence-corrected chi connectivity index (χ3v) is 4.36. The fourth-order valence-electron chi connectivity index (χ4n) is 3.05. The lowest BCUT2D eigenvalue weighted by Crippen LogP contribution is -2.31. The minimum Gasteiger partial charge on any atom is -0.367 e. The summed E-state index contributed by atoms with van der Waals surface area (Å²) in [4.78, 5) is 16.7. The van der Waals surface area contributed by atoms with E-state index in [4.69, 9.17) is 0 Å². The van der Waals surface area contributed by atoms with Gasteiger partial charge in [-0.25, -0.2) is 4.98 Å². The molecule has 1 fully saturated rings. The minimum absolute atomic E-state index is 0.306. The Kier molecular flexibility index (Phi) is 4.84.